The maximum Gasteiger partial charge on any atom is 0.555 e. The Morgan fingerprint density at radius 3 is 2.31 bits per heavy atom. The Morgan fingerprint density at radius 1 is 1.23 bits per heavy atom. The average Bonchev–Trinajstić information content (AvgIpc) is 2.19. The summed E-state index contributed by atoms with van der Waals surface area (Å²) in [5.74, 6) is 0.695. The number of benzene rings is 1. The van der Waals surface area contributed by atoms with E-state index >= 15 is 0 Å². The lowest BCUT2D eigenvalue weighted by molar-refractivity contribution is 0.506. The summed E-state index contributed by atoms with van der Waals surface area (Å²) in [6, 6.07) is 7.71. The molecule has 0 saturated carbocycles. The Hall–Kier alpha value is -0.880. The van der Waals surface area contributed by atoms with Crippen molar-refractivity contribution in [2.24, 2.45) is 0 Å². The minimum Gasteiger partial charge on any atom is -0.254 e. The van der Waals surface area contributed by atoms with Crippen molar-refractivity contribution in [1.29, 1.82) is 0 Å². The summed E-state index contributed by atoms with van der Waals surface area (Å²) >= 11 is 0. The van der Waals surface area contributed by atoms with Gasteiger partial charge in [-0.15, -0.1) is 0 Å². The predicted octanol–water partition coefficient (Wildman–Crippen LogP) is 3.39. The molecule has 0 fully saturated rings. The third-order valence-electron chi connectivity index (χ3n) is 1.80. The van der Waals surface area contributed by atoms with Gasteiger partial charge in [-0.1, -0.05) is 19.1 Å². The summed E-state index contributed by atoms with van der Waals surface area (Å²) in [5.41, 5.74) is 1.26. The highest BCUT2D eigenvalue weighted by molar-refractivity contribution is 7.39. The summed E-state index contributed by atoms with van der Waals surface area (Å²) in [6.07, 6.45) is 1.57. The molecular weight excluding hydrogens is 183 g/mol. The molecule has 70 valence electrons. The second-order valence-corrected chi connectivity index (χ2v) is 4.22. The molecule has 0 N–H and O–H groups in total. The Kier molecular flexibility index (Phi) is 3.91. The summed E-state index contributed by atoms with van der Waals surface area (Å²) in [4.78, 5) is 0. The van der Waals surface area contributed by atoms with Gasteiger partial charge in [-0.05, 0) is 35.6 Å². The third kappa shape index (κ3) is 3.16. The van der Waals surface area contributed by atoms with Gasteiger partial charge in [0.1, 0.15) is 0 Å². The largest absolute Gasteiger partial charge is 0.555 e. The van der Waals surface area contributed by atoms with Crippen LogP contribution in [-0.2, 0) is 11.0 Å². The summed E-state index contributed by atoms with van der Waals surface area (Å²) in [7, 11) is -1.52. The smallest absolute Gasteiger partial charge is 0.254 e. The van der Waals surface area contributed by atoms with Crippen molar-refractivity contribution in [3.05, 3.63) is 29.8 Å². The molecule has 13 heavy (non-hydrogen) atoms. The van der Waals surface area contributed by atoms with Crippen LogP contribution in [0.25, 0.3) is 0 Å². The van der Waals surface area contributed by atoms with Crippen LogP contribution in [0.3, 0.4) is 0 Å². The van der Waals surface area contributed by atoms with Crippen LogP contribution in [-0.4, -0.2) is 6.16 Å². The normalized spacial score (nSPS) is 11.1. The van der Waals surface area contributed by atoms with Crippen LogP contribution in [0, 0.1) is 0 Å². The van der Waals surface area contributed by atoms with Crippen molar-refractivity contribution in [2.45, 2.75) is 20.3 Å². The molecule has 1 aromatic rings. The first kappa shape index (κ1) is 10.2. The van der Waals surface area contributed by atoms with Crippen molar-refractivity contribution >= 4 is 8.03 Å². The Bertz CT molecular complexity index is 279. The van der Waals surface area contributed by atoms with Crippen molar-refractivity contribution in [3.63, 3.8) is 0 Å². The van der Waals surface area contributed by atoms with E-state index in [1.165, 1.54) is 5.56 Å². The molecule has 0 aliphatic heterocycles. The molecule has 0 aliphatic carbocycles. The van der Waals surface area contributed by atoms with Crippen LogP contribution in [0.15, 0.2) is 24.3 Å². The van der Waals surface area contributed by atoms with Crippen molar-refractivity contribution in [2.75, 3.05) is 6.16 Å². The molecule has 1 atom stereocenters. The van der Waals surface area contributed by atoms with Gasteiger partial charge in [0.2, 0.25) is 0 Å². The molecule has 0 heterocycles. The zero-order chi connectivity index (χ0) is 9.68. The van der Waals surface area contributed by atoms with Gasteiger partial charge >= 0.3 is 8.03 Å². The monoisotopic (exact) mass is 197 g/mol. The second-order valence-electron chi connectivity index (χ2n) is 2.74. The van der Waals surface area contributed by atoms with Gasteiger partial charge in [-0.2, -0.15) is 0 Å². The molecule has 1 aromatic carbocycles. The highest BCUT2D eigenvalue weighted by atomic mass is 31.1. The molecule has 0 aromatic heterocycles. The van der Waals surface area contributed by atoms with E-state index < -0.39 is 8.03 Å². The van der Waals surface area contributed by atoms with Gasteiger partial charge in [-0.3, -0.25) is 4.52 Å². The van der Waals surface area contributed by atoms with Crippen molar-refractivity contribution in [1.82, 2.24) is 0 Å². The number of aryl methyl sites for hydroxylation is 1. The maximum absolute atomic E-state index is 11.1. The van der Waals surface area contributed by atoms with Crippen molar-refractivity contribution < 1.29 is 9.09 Å². The molecule has 0 saturated heterocycles. The van der Waals surface area contributed by atoms with Gasteiger partial charge in [0.15, 0.2) is 11.9 Å². The first-order valence-electron chi connectivity index (χ1n) is 4.47. The van der Waals surface area contributed by atoms with Gasteiger partial charge in [0, 0.05) is 0 Å². The predicted molar refractivity (Wildman–Crippen MR) is 54.6 cm³/mol. The molecule has 0 bridgehead atoms. The quantitative estimate of drug-likeness (QED) is 0.691. The third-order valence-corrected chi connectivity index (χ3v) is 2.73. The summed E-state index contributed by atoms with van der Waals surface area (Å²) in [6.45, 7) is 3.95. The SMILES string of the molecule is CCc1ccc(O[P+](=O)CC)cc1. The van der Waals surface area contributed by atoms with E-state index in [0.29, 0.717) is 11.9 Å². The van der Waals surface area contributed by atoms with E-state index in [9.17, 15) is 4.57 Å². The fraction of sp³-hybridized carbons (Fsp3) is 0.400. The highest BCUT2D eigenvalue weighted by Gasteiger charge is 2.13. The van der Waals surface area contributed by atoms with Gasteiger partial charge in [0.05, 0.1) is 0 Å². The zero-order valence-corrected chi connectivity index (χ0v) is 8.88. The van der Waals surface area contributed by atoms with E-state index in [1.807, 2.05) is 31.2 Å². The van der Waals surface area contributed by atoms with Crippen LogP contribution in [0.1, 0.15) is 19.4 Å². The molecule has 0 spiro atoms. The van der Waals surface area contributed by atoms with E-state index in [1.54, 1.807) is 0 Å². The van der Waals surface area contributed by atoms with Gasteiger partial charge in [-0.25, -0.2) is 0 Å². The lowest BCUT2D eigenvalue weighted by Crippen LogP contribution is -1.84. The molecular formula is C10H14O2P+. The fourth-order valence-electron chi connectivity index (χ4n) is 0.968. The first-order chi connectivity index (χ1) is 6.26. The molecule has 2 nitrogen and oxygen atoms in total. The van der Waals surface area contributed by atoms with Crippen molar-refractivity contribution in [3.8, 4) is 5.75 Å². The Morgan fingerprint density at radius 2 is 1.85 bits per heavy atom. The fourth-order valence-corrected chi connectivity index (χ4v) is 1.45. The molecule has 1 rings (SSSR count). The molecule has 3 heteroatoms. The first-order valence-corrected chi connectivity index (χ1v) is 5.84. The van der Waals surface area contributed by atoms with E-state index in [-0.39, 0.29) is 0 Å². The molecule has 0 aliphatic rings. The van der Waals surface area contributed by atoms with E-state index in [4.69, 9.17) is 4.52 Å². The van der Waals surface area contributed by atoms with Crippen LogP contribution in [0.4, 0.5) is 0 Å². The second kappa shape index (κ2) is 4.98. The van der Waals surface area contributed by atoms with E-state index in [2.05, 4.69) is 6.92 Å². The maximum atomic E-state index is 11.1. The Balaban J connectivity index is 2.64. The van der Waals surface area contributed by atoms with Crippen LogP contribution < -0.4 is 4.52 Å². The van der Waals surface area contributed by atoms with Crippen LogP contribution in [0.2, 0.25) is 0 Å². The standard InChI is InChI=1S/C10H14O2P/c1-3-9-5-7-10(8-6-9)12-13(11)4-2/h5-8H,3-4H2,1-2H3/q+1. The molecule has 1 unspecified atom stereocenters. The molecule has 0 amide bonds. The van der Waals surface area contributed by atoms with Crippen LogP contribution >= 0.6 is 8.03 Å². The van der Waals surface area contributed by atoms with E-state index in [0.717, 1.165) is 6.42 Å². The number of hydrogen-bond acceptors (Lipinski definition) is 2. The lowest BCUT2D eigenvalue weighted by Gasteiger charge is -1.95. The number of rotatable bonds is 4. The molecule has 0 radical (unpaired) electrons. The summed E-state index contributed by atoms with van der Waals surface area (Å²) < 4.78 is 16.2. The minimum atomic E-state index is -1.52. The highest BCUT2D eigenvalue weighted by Crippen LogP contribution is 2.26. The van der Waals surface area contributed by atoms with Crippen LogP contribution in [0.5, 0.6) is 5.75 Å². The zero-order valence-electron chi connectivity index (χ0n) is 7.99. The minimum absolute atomic E-state index is 0.560. The number of hydrogen-bond donors (Lipinski definition) is 0. The Labute approximate surface area is 79.8 Å². The average molecular weight is 197 g/mol. The topological polar surface area (TPSA) is 26.3 Å². The van der Waals surface area contributed by atoms with Gasteiger partial charge < -0.3 is 0 Å². The van der Waals surface area contributed by atoms with Gasteiger partial charge in [0.25, 0.3) is 0 Å². The summed E-state index contributed by atoms with van der Waals surface area (Å²) in [5, 5.41) is 0. The lowest BCUT2D eigenvalue weighted by atomic mass is 10.2.